The maximum atomic E-state index is 12.1. The van der Waals surface area contributed by atoms with Crippen molar-refractivity contribution in [1.82, 2.24) is 9.88 Å². The fourth-order valence-corrected chi connectivity index (χ4v) is 2.90. The van der Waals surface area contributed by atoms with E-state index in [1.165, 1.54) is 11.3 Å². The van der Waals surface area contributed by atoms with Gasteiger partial charge in [0, 0.05) is 37.0 Å². The molecule has 0 aromatic carbocycles. The number of likely N-dealkylation sites (tertiary alicyclic amines) is 1. The highest BCUT2D eigenvalue weighted by Crippen LogP contribution is 2.21. The molecule has 0 atom stereocenters. The quantitative estimate of drug-likeness (QED) is 0.908. The first-order chi connectivity index (χ1) is 9.70. The zero-order valence-electron chi connectivity index (χ0n) is 11.8. The lowest BCUT2D eigenvalue weighted by Gasteiger charge is -2.31. The molecule has 1 aromatic rings. The number of piperidine rings is 1. The van der Waals surface area contributed by atoms with Crippen LogP contribution in [0.2, 0.25) is 0 Å². The SMILES string of the molecule is CCCCC(=O)N1CCC(C(=O)Nc2nccs2)CC1. The zero-order valence-corrected chi connectivity index (χ0v) is 12.6. The average Bonchev–Trinajstić information content (AvgIpc) is 2.97. The molecule has 2 rings (SSSR count). The molecule has 2 amide bonds. The maximum Gasteiger partial charge on any atom is 0.229 e. The third kappa shape index (κ3) is 4.03. The van der Waals surface area contributed by atoms with Crippen LogP contribution in [0.1, 0.15) is 39.0 Å². The molecule has 0 spiro atoms. The summed E-state index contributed by atoms with van der Waals surface area (Å²) in [7, 11) is 0. The summed E-state index contributed by atoms with van der Waals surface area (Å²) in [5.74, 6) is 0.250. The normalized spacial score (nSPS) is 16.1. The van der Waals surface area contributed by atoms with Crippen LogP contribution >= 0.6 is 11.3 Å². The smallest absolute Gasteiger partial charge is 0.229 e. The minimum absolute atomic E-state index is 0.00544. The summed E-state index contributed by atoms with van der Waals surface area (Å²) in [6, 6.07) is 0. The Bertz CT molecular complexity index is 439. The molecule has 1 fully saturated rings. The molecule has 1 saturated heterocycles. The summed E-state index contributed by atoms with van der Waals surface area (Å²) < 4.78 is 0. The van der Waals surface area contributed by atoms with E-state index in [1.54, 1.807) is 6.20 Å². The van der Waals surface area contributed by atoms with Gasteiger partial charge < -0.3 is 10.2 Å². The number of hydrogen-bond acceptors (Lipinski definition) is 4. The van der Waals surface area contributed by atoms with Gasteiger partial charge >= 0.3 is 0 Å². The Kier molecular flexibility index (Phi) is 5.52. The second-order valence-corrected chi connectivity index (χ2v) is 5.98. The van der Waals surface area contributed by atoms with Gasteiger partial charge in [0.1, 0.15) is 0 Å². The van der Waals surface area contributed by atoms with E-state index in [1.807, 2.05) is 10.3 Å². The van der Waals surface area contributed by atoms with E-state index in [2.05, 4.69) is 17.2 Å². The number of amides is 2. The molecular formula is C14H21N3O2S. The molecule has 0 radical (unpaired) electrons. The van der Waals surface area contributed by atoms with Crippen molar-refractivity contribution >= 4 is 28.3 Å². The molecular weight excluding hydrogens is 274 g/mol. The number of nitrogens with zero attached hydrogens (tertiary/aromatic N) is 2. The van der Waals surface area contributed by atoms with Crippen LogP contribution in [0.4, 0.5) is 5.13 Å². The molecule has 1 aromatic heterocycles. The van der Waals surface area contributed by atoms with Crippen molar-refractivity contribution in [2.75, 3.05) is 18.4 Å². The first-order valence-electron chi connectivity index (χ1n) is 7.19. The van der Waals surface area contributed by atoms with Gasteiger partial charge in [0.15, 0.2) is 5.13 Å². The number of thiazole rings is 1. The van der Waals surface area contributed by atoms with Gasteiger partial charge in [-0.05, 0) is 19.3 Å². The maximum absolute atomic E-state index is 12.1. The largest absolute Gasteiger partial charge is 0.343 e. The van der Waals surface area contributed by atoms with Gasteiger partial charge in [0.2, 0.25) is 11.8 Å². The van der Waals surface area contributed by atoms with E-state index in [0.717, 1.165) is 25.7 Å². The predicted octanol–water partition coefficient (Wildman–Crippen LogP) is 2.51. The molecule has 0 aliphatic carbocycles. The molecule has 0 bridgehead atoms. The van der Waals surface area contributed by atoms with Crippen LogP contribution in [0, 0.1) is 5.92 Å². The van der Waals surface area contributed by atoms with E-state index >= 15 is 0 Å². The standard InChI is InChI=1S/C14H21N3O2S/c1-2-3-4-12(18)17-8-5-11(6-9-17)13(19)16-14-15-7-10-20-14/h7,10-11H,2-6,8-9H2,1H3,(H,15,16,19). The van der Waals surface area contributed by atoms with Crippen LogP contribution in [0.5, 0.6) is 0 Å². The van der Waals surface area contributed by atoms with E-state index in [4.69, 9.17) is 0 Å². The summed E-state index contributed by atoms with van der Waals surface area (Å²) in [6.07, 6.45) is 5.79. The number of hydrogen-bond donors (Lipinski definition) is 1. The topological polar surface area (TPSA) is 62.3 Å². The lowest BCUT2D eigenvalue weighted by molar-refractivity contribution is -0.134. The van der Waals surface area contributed by atoms with Crippen LogP contribution in [-0.4, -0.2) is 34.8 Å². The number of nitrogens with one attached hydrogen (secondary N) is 1. The zero-order chi connectivity index (χ0) is 14.4. The van der Waals surface area contributed by atoms with Crippen molar-refractivity contribution in [3.05, 3.63) is 11.6 Å². The van der Waals surface area contributed by atoms with E-state index in [0.29, 0.717) is 24.6 Å². The first kappa shape index (κ1) is 15.0. The third-order valence-corrected chi connectivity index (χ3v) is 4.31. The van der Waals surface area contributed by atoms with Crippen LogP contribution in [-0.2, 0) is 9.59 Å². The van der Waals surface area contributed by atoms with Gasteiger partial charge in [-0.25, -0.2) is 4.98 Å². The molecule has 6 heteroatoms. The number of unbranched alkanes of at least 4 members (excludes halogenated alkanes) is 1. The molecule has 1 aliphatic rings. The number of rotatable bonds is 5. The predicted molar refractivity (Wildman–Crippen MR) is 79.6 cm³/mol. The lowest BCUT2D eigenvalue weighted by Crippen LogP contribution is -2.41. The van der Waals surface area contributed by atoms with Gasteiger partial charge in [-0.1, -0.05) is 13.3 Å². The molecule has 20 heavy (non-hydrogen) atoms. The minimum Gasteiger partial charge on any atom is -0.343 e. The second kappa shape index (κ2) is 7.38. The number of anilines is 1. The molecule has 1 N–H and O–H groups in total. The summed E-state index contributed by atoms with van der Waals surface area (Å²) in [5, 5.41) is 5.32. The Balaban J connectivity index is 1.76. The highest BCUT2D eigenvalue weighted by molar-refractivity contribution is 7.13. The lowest BCUT2D eigenvalue weighted by atomic mass is 9.95. The summed E-state index contributed by atoms with van der Waals surface area (Å²) in [4.78, 5) is 29.9. The number of carbonyl (C=O) groups is 2. The van der Waals surface area contributed by atoms with Gasteiger partial charge in [-0.2, -0.15) is 0 Å². The van der Waals surface area contributed by atoms with E-state index < -0.39 is 0 Å². The Hall–Kier alpha value is -1.43. The summed E-state index contributed by atoms with van der Waals surface area (Å²) >= 11 is 1.42. The molecule has 0 unspecified atom stereocenters. The number of carbonyl (C=O) groups excluding carboxylic acids is 2. The van der Waals surface area contributed by atoms with E-state index in [-0.39, 0.29) is 17.7 Å². The monoisotopic (exact) mass is 295 g/mol. The molecule has 2 heterocycles. The summed E-state index contributed by atoms with van der Waals surface area (Å²) in [6.45, 7) is 3.47. The molecule has 1 aliphatic heterocycles. The molecule has 110 valence electrons. The van der Waals surface area contributed by atoms with Crippen molar-refractivity contribution in [2.45, 2.75) is 39.0 Å². The third-order valence-electron chi connectivity index (χ3n) is 3.63. The van der Waals surface area contributed by atoms with Gasteiger partial charge in [0.25, 0.3) is 0 Å². The first-order valence-corrected chi connectivity index (χ1v) is 8.06. The van der Waals surface area contributed by atoms with Crippen molar-refractivity contribution in [3.63, 3.8) is 0 Å². The van der Waals surface area contributed by atoms with Crippen LogP contribution in [0.25, 0.3) is 0 Å². The van der Waals surface area contributed by atoms with Crippen molar-refractivity contribution < 1.29 is 9.59 Å². The van der Waals surface area contributed by atoms with Crippen LogP contribution in [0.15, 0.2) is 11.6 Å². The number of aromatic nitrogens is 1. The fraction of sp³-hybridized carbons (Fsp3) is 0.643. The Morgan fingerprint density at radius 3 is 2.80 bits per heavy atom. The second-order valence-electron chi connectivity index (χ2n) is 5.09. The van der Waals surface area contributed by atoms with Gasteiger partial charge in [0.05, 0.1) is 0 Å². The summed E-state index contributed by atoms with van der Waals surface area (Å²) in [5.41, 5.74) is 0. The van der Waals surface area contributed by atoms with Gasteiger partial charge in [-0.3, -0.25) is 9.59 Å². The fourth-order valence-electron chi connectivity index (χ4n) is 2.37. The van der Waals surface area contributed by atoms with Crippen LogP contribution in [0.3, 0.4) is 0 Å². The van der Waals surface area contributed by atoms with Crippen molar-refractivity contribution in [3.8, 4) is 0 Å². The highest BCUT2D eigenvalue weighted by Gasteiger charge is 2.27. The van der Waals surface area contributed by atoms with Gasteiger partial charge in [-0.15, -0.1) is 11.3 Å². The highest BCUT2D eigenvalue weighted by atomic mass is 32.1. The Morgan fingerprint density at radius 2 is 2.20 bits per heavy atom. The van der Waals surface area contributed by atoms with Crippen molar-refractivity contribution in [2.24, 2.45) is 5.92 Å². The van der Waals surface area contributed by atoms with E-state index in [9.17, 15) is 9.59 Å². The van der Waals surface area contributed by atoms with Crippen molar-refractivity contribution in [1.29, 1.82) is 0 Å². The molecule has 5 nitrogen and oxygen atoms in total. The average molecular weight is 295 g/mol. The molecule has 0 saturated carbocycles. The Morgan fingerprint density at radius 1 is 1.45 bits per heavy atom. The van der Waals surface area contributed by atoms with Crippen LogP contribution < -0.4 is 5.32 Å². The Labute approximate surface area is 123 Å². The minimum atomic E-state index is -0.00544.